The van der Waals surface area contributed by atoms with E-state index in [0.717, 1.165) is 37.8 Å². The molecule has 1 aliphatic carbocycles. The Bertz CT molecular complexity index is 735. The summed E-state index contributed by atoms with van der Waals surface area (Å²) in [5.74, 6) is 0.881. The first-order chi connectivity index (χ1) is 13.8. The first kappa shape index (κ1) is 20.4. The van der Waals surface area contributed by atoms with Gasteiger partial charge in [0, 0.05) is 39.2 Å². The summed E-state index contributed by atoms with van der Waals surface area (Å²) in [6, 6.07) is 8.33. The number of aromatic nitrogens is 2. The van der Waals surface area contributed by atoms with Crippen LogP contribution in [0.3, 0.4) is 0 Å². The van der Waals surface area contributed by atoms with Crippen molar-refractivity contribution in [3.63, 3.8) is 0 Å². The molecule has 0 radical (unpaired) electrons. The zero-order valence-electron chi connectivity index (χ0n) is 17.2. The van der Waals surface area contributed by atoms with Crippen molar-refractivity contribution >= 4 is 5.96 Å². The third kappa shape index (κ3) is 5.35. The van der Waals surface area contributed by atoms with Gasteiger partial charge in [-0.05, 0) is 43.2 Å². The van der Waals surface area contributed by atoms with Crippen molar-refractivity contribution in [2.24, 2.45) is 10.4 Å². The van der Waals surface area contributed by atoms with Crippen molar-refractivity contribution in [2.75, 3.05) is 26.8 Å². The van der Waals surface area contributed by atoms with E-state index in [2.05, 4.69) is 40.7 Å². The number of methoxy groups -OCH3 is 1. The topological polar surface area (TPSA) is 63.5 Å². The SMILES string of the molecule is CCNC(=NCc1ccccc1-n1ccnc1)NCC1(CCOC)CCCC1. The summed E-state index contributed by atoms with van der Waals surface area (Å²) in [5.41, 5.74) is 2.63. The van der Waals surface area contributed by atoms with E-state index in [9.17, 15) is 0 Å². The van der Waals surface area contributed by atoms with Crippen molar-refractivity contribution in [3.05, 3.63) is 48.5 Å². The van der Waals surface area contributed by atoms with Gasteiger partial charge < -0.3 is 19.9 Å². The fourth-order valence-corrected chi connectivity index (χ4v) is 4.03. The average Bonchev–Trinajstić information content (AvgIpc) is 3.41. The van der Waals surface area contributed by atoms with E-state index in [1.54, 1.807) is 13.3 Å². The van der Waals surface area contributed by atoms with E-state index < -0.39 is 0 Å². The summed E-state index contributed by atoms with van der Waals surface area (Å²) in [6.45, 7) is 5.35. The number of ether oxygens (including phenoxy) is 1. The lowest BCUT2D eigenvalue weighted by Gasteiger charge is -2.30. The molecule has 0 atom stereocenters. The normalized spacial score (nSPS) is 16.3. The zero-order chi connectivity index (χ0) is 19.7. The Morgan fingerprint density at radius 3 is 2.79 bits per heavy atom. The molecule has 0 bridgehead atoms. The average molecular weight is 384 g/mol. The van der Waals surface area contributed by atoms with E-state index in [1.165, 1.54) is 31.2 Å². The van der Waals surface area contributed by atoms with Crippen LogP contribution in [0.2, 0.25) is 0 Å². The van der Waals surface area contributed by atoms with E-state index >= 15 is 0 Å². The molecule has 28 heavy (non-hydrogen) atoms. The van der Waals surface area contributed by atoms with Gasteiger partial charge in [-0.25, -0.2) is 9.98 Å². The molecule has 1 aliphatic rings. The highest BCUT2D eigenvalue weighted by Crippen LogP contribution is 2.40. The lowest BCUT2D eigenvalue weighted by Crippen LogP contribution is -2.43. The van der Waals surface area contributed by atoms with Gasteiger partial charge in [0.2, 0.25) is 0 Å². The number of rotatable bonds is 9. The van der Waals surface area contributed by atoms with Crippen LogP contribution < -0.4 is 10.6 Å². The third-order valence-corrected chi connectivity index (χ3v) is 5.66. The molecule has 6 nitrogen and oxygen atoms in total. The highest BCUT2D eigenvalue weighted by atomic mass is 16.5. The number of benzene rings is 1. The summed E-state index contributed by atoms with van der Waals surface area (Å²) in [5, 5.41) is 6.99. The molecule has 1 fully saturated rings. The summed E-state index contributed by atoms with van der Waals surface area (Å²) in [6.07, 6.45) is 11.9. The highest BCUT2D eigenvalue weighted by Gasteiger charge is 2.33. The maximum Gasteiger partial charge on any atom is 0.191 e. The van der Waals surface area contributed by atoms with Crippen LogP contribution in [0.15, 0.2) is 48.0 Å². The number of nitrogens with zero attached hydrogens (tertiary/aromatic N) is 3. The Kier molecular flexibility index (Phi) is 7.48. The van der Waals surface area contributed by atoms with Gasteiger partial charge in [0.15, 0.2) is 5.96 Å². The number of para-hydroxylation sites is 1. The summed E-state index contributed by atoms with van der Waals surface area (Å²) in [7, 11) is 1.79. The molecule has 0 saturated heterocycles. The molecule has 0 aliphatic heterocycles. The van der Waals surface area contributed by atoms with Gasteiger partial charge in [0.1, 0.15) is 0 Å². The van der Waals surface area contributed by atoms with Gasteiger partial charge >= 0.3 is 0 Å². The van der Waals surface area contributed by atoms with Crippen molar-refractivity contribution in [1.29, 1.82) is 0 Å². The van der Waals surface area contributed by atoms with Crippen molar-refractivity contribution in [3.8, 4) is 5.69 Å². The van der Waals surface area contributed by atoms with Crippen molar-refractivity contribution in [2.45, 2.75) is 45.6 Å². The Labute approximate surface area is 168 Å². The van der Waals surface area contributed by atoms with E-state index in [-0.39, 0.29) is 0 Å². The Morgan fingerprint density at radius 2 is 2.07 bits per heavy atom. The van der Waals surface area contributed by atoms with E-state index in [4.69, 9.17) is 9.73 Å². The Balaban J connectivity index is 1.68. The van der Waals surface area contributed by atoms with Crippen molar-refractivity contribution < 1.29 is 4.74 Å². The maximum atomic E-state index is 5.36. The van der Waals surface area contributed by atoms with Gasteiger partial charge in [0.25, 0.3) is 0 Å². The second kappa shape index (κ2) is 10.3. The molecule has 1 aromatic carbocycles. The van der Waals surface area contributed by atoms with Crippen molar-refractivity contribution in [1.82, 2.24) is 20.2 Å². The third-order valence-electron chi connectivity index (χ3n) is 5.66. The number of imidazole rings is 1. The summed E-state index contributed by atoms with van der Waals surface area (Å²) < 4.78 is 7.39. The molecule has 152 valence electrons. The molecular formula is C22H33N5O. The predicted molar refractivity (Wildman–Crippen MR) is 114 cm³/mol. The minimum absolute atomic E-state index is 0.334. The molecule has 0 amide bonds. The Morgan fingerprint density at radius 1 is 1.25 bits per heavy atom. The number of hydrogen-bond acceptors (Lipinski definition) is 3. The first-order valence-corrected chi connectivity index (χ1v) is 10.3. The van der Waals surface area contributed by atoms with Gasteiger partial charge in [-0.1, -0.05) is 31.0 Å². The van der Waals surface area contributed by atoms with Crippen LogP contribution >= 0.6 is 0 Å². The lowest BCUT2D eigenvalue weighted by atomic mass is 9.83. The number of guanidine groups is 1. The molecule has 2 aromatic rings. The number of hydrogen-bond donors (Lipinski definition) is 2. The quantitative estimate of drug-likeness (QED) is 0.514. The van der Waals surface area contributed by atoms with Gasteiger partial charge in [0.05, 0.1) is 18.6 Å². The van der Waals surface area contributed by atoms with Crippen LogP contribution in [-0.2, 0) is 11.3 Å². The van der Waals surface area contributed by atoms with Crippen LogP contribution in [-0.4, -0.2) is 42.3 Å². The van der Waals surface area contributed by atoms with Crippen LogP contribution in [0.25, 0.3) is 5.69 Å². The van der Waals surface area contributed by atoms with Crippen LogP contribution in [0.1, 0.15) is 44.6 Å². The molecule has 0 unspecified atom stereocenters. The monoisotopic (exact) mass is 383 g/mol. The zero-order valence-corrected chi connectivity index (χ0v) is 17.2. The molecule has 1 saturated carbocycles. The van der Waals surface area contributed by atoms with Crippen LogP contribution in [0, 0.1) is 5.41 Å². The van der Waals surface area contributed by atoms with Gasteiger partial charge in [-0.2, -0.15) is 0 Å². The van der Waals surface area contributed by atoms with Gasteiger partial charge in [-0.15, -0.1) is 0 Å². The number of nitrogens with one attached hydrogen (secondary N) is 2. The maximum absolute atomic E-state index is 5.36. The van der Waals surface area contributed by atoms with Crippen LogP contribution in [0.4, 0.5) is 0 Å². The smallest absolute Gasteiger partial charge is 0.191 e. The van der Waals surface area contributed by atoms with E-state index in [1.807, 2.05) is 23.2 Å². The molecule has 2 N–H and O–H groups in total. The molecule has 1 aromatic heterocycles. The predicted octanol–water partition coefficient (Wildman–Crippen LogP) is 3.52. The minimum atomic E-state index is 0.334. The molecule has 1 heterocycles. The molecule has 3 rings (SSSR count). The van der Waals surface area contributed by atoms with Gasteiger partial charge in [-0.3, -0.25) is 0 Å². The molecule has 6 heteroatoms. The standard InChI is InChI=1S/C22H33N5O/c1-3-24-21(26-17-22(12-15-28-2)10-6-7-11-22)25-16-19-8-4-5-9-20(19)27-14-13-23-18-27/h4-5,8-9,13-14,18H,3,6-7,10-12,15-17H2,1-2H3,(H2,24,25,26). The largest absolute Gasteiger partial charge is 0.385 e. The highest BCUT2D eigenvalue weighted by molar-refractivity contribution is 5.79. The fraction of sp³-hybridized carbons (Fsp3) is 0.545. The van der Waals surface area contributed by atoms with E-state index in [0.29, 0.717) is 12.0 Å². The minimum Gasteiger partial charge on any atom is -0.385 e. The second-order valence-electron chi connectivity index (χ2n) is 7.60. The first-order valence-electron chi connectivity index (χ1n) is 10.3. The Hall–Kier alpha value is -2.34. The summed E-state index contributed by atoms with van der Waals surface area (Å²) in [4.78, 5) is 9.02. The molecule has 0 spiro atoms. The van der Waals surface area contributed by atoms with Crippen LogP contribution in [0.5, 0.6) is 0 Å². The lowest BCUT2D eigenvalue weighted by molar-refractivity contribution is 0.138. The summed E-state index contributed by atoms with van der Waals surface area (Å²) >= 11 is 0. The second-order valence-corrected chi connectivity index (χ2v) is 7.60. The molecular weight excluding hydrogens is 350 g/mol. The fourth-order valence-electron chi connectivity index (χ4n) is 4.03. The number of aliphatic imine (C=N–C) groups is 1.